The van der Waals surface area contributed by atoms with Crippen molar-refractivity contribution in [3.8, 4) is 0 Å². The van der Waals surface area contributed by atoms with Gasteiger partial charge < -0.3 is 9.32 Å². The number of hydrogen-bond donors (Lipinski definition) is 0. The van der Waals surface area contributed by atoms with Gasteiger partial charge in [-0.15, -0.1) is 0 Å². The molecule has 2 aromatic rings. The second kappa shape index (κ2) is 5.90. The highest BCUT2D eigenvalue weighted by molar-refractivity contribution is 5.95. The molecule has 0 aliphatic rings. The molecule has 0 spiro atoms. The fraction of sp³-hybridized carbons (Fsp3) is 0.312. The number of hydrogen-bond acceptors (Lipinski definition) is 2. The van der Waals surface area contributed by atoms with Gasteiger partial charge in [-0.2, -0.15) is 0 Å². The average molecular weight is 275 g/mol. The molecule has 0 radical (unpaired) electrons. The van der Waals surface area contributed by atoms with Gasteiger partial charge in [-0.3, -0.25) is 4.79 Å². The maximum atomic E-state index is 13.2. The standard InChI is InChI=1S/C16H18FNO2/c1-4-18(10-13-6-5-7-14(17)9-13)16(19)15-8-11(2)20-12(15)3/h5-9H,4,10H2,1-3H3. The number of rotatable bonds is 4. The summed E-state index contributed by atoms with van der Waals surface area (Å²) in [4.78, 5) is 14.1. The minimum atomic E-state index is -0.290. The van der Waals surface area contributed by atoms with Crippen molar-refractivity contribution in [2.45, 2.75) is 27.3 Å². The summed E-state index contributed by atoms with van der Waals surface area (Å²) in [6.45, 7) is 6.43. The molecular weight excluding hydrogens is 257 g/mol. The van der Waals surface area contributed by atoms with Crippen LogP contribution in [0.15, 0.2) is 34.7 Å². The van der Waals surface area contributed by atoms with Gasteiger partial charge in [0.15, 0.2) is 0 Å². The van der Waals surface area contributed by atoms with Gasteiger partial charge >= 0.3 is 0 Å². The molecule has 0 saturated heterocycles. The molecule has 1 amide bonds. The molecule has 0 saturated carbocycles. The van der Waals surface area contributed by atoms with Crippen LogP contribution in [0.5, 0.6) is 0 Å². The molecule has 0 unspecified atom stereocenters. The Morgan fingerprint density at radius 2 is 2.05 bits per heavy atom. The van der Waals surface area contributed by atoms with Crippen LogP contribution in [-0.2, 0) is 6.54 Å². The van der Waals surface area contributed by atoms with Crippen LogP contribution >= 0.6 is 0 Å². The lowest BCUT2D eigenvalue weighted by Gasteiger charge is -2.20. The van der Waals surface area contributed by atoms with E-state index in [0.717, 1.165) is 5.56 Å². The van der Waals surface area contributed by atoms with E-state index in [1.807, 2.05) is 19.9 Å². The highest BCUT2D eigenvalue weighted by Gasteiger charge is 2.19. The Morgan fingerprint density at radius 3 is 2.60 bits per heavy atom. The van der Waals surface area contributed by atoms with Crippen LogP contribution in [0.3, 0.4) is 0 Å². The van der Waals surface area contributed by atoms with Crippen LogP contribution in [0.4, 0.5) is 4.39 Å². The normalized spacial score (nSPS) is 10.6. The molecule has 0 fully saturated rings. The predicted octanol–water partition coefficient (Wildman–Crippen LogP) is 3.70. The van der Waals surface area contributed by atoms with Gasteiger partial charge in [-0.05, 0) is 44.5 Å². The molecule has 0 bridgehead atoms. The minimum Gasteiger partial charge on any atom is -0.466 e. The lowest BCUT2D eigenvalue weighted by atomic mass is 10.1. The van der Waals surface area contributed by atoms with Gasteiger partial charge in [0.1, 0.15) is 17.3 Å². The van der Waals surface area contributed by atoms with Gasteiger partial charge in [-0.25, -0.2) is 4.39 Å². The van der Waals surface area contributed by atoms with Crippen LogP contribution in [0.25, 0.3) is 0 Å². The van der Waals surface area contributed by atoms with Gasteiger partial charge in [0.05, 0.1) is 5.56 Å². The Morgan fingerprint density at radius 1 is 1.30 bits per heavy atom. The van der Waals surface area contributed by atoms with Crippen molar-refractivity contribution in [1.29, 1.82) is 0 Å². The van der Waals surface area contributed by atoms with E-state index >= 15 is 0 Å². The Bertz CT molecular complexity index is 619. The molecule has 1 heterocycles. The predicted molar refractivity (Wildman–Crippen MR) is 75.0 cm³/mol. The summed E-state index contributed by atoms with van der Waals surface area (Å²) in [5.74, 6) is 0.949. The molecule has 0 atom stereocenters. The largest absolute Gasteiger partial charge is 0.466 e. The zero-order valence-corrected chi connectivity index (χ0v) is 11.9. The van der Waals surface area contributed by atoms with Gasteiger partial charge in [0, 0.05) is 13.1 Å². The van der Waals surface area contributed by atoms with E-state index in [-0.39, 0.29) is 11.7 Å². The zero-order valence-electron chi connectivity index (χ0n) is 11.9. The summed E-state index contributed by atoms with van der Waals surface area (Å²) < 4.78 is 18.6. The van der Waals surface area contributed by atoms with Crippen molar-refractivity contribution in [3.63, 3.8) is 0 Å². The Hall–Kier alpha value is -2.10. The Labute approximate surface area is 118 Å². The fourth-order valence-electron chi connectivity index (χ4n) is 2.20. The van der Waals surface area contributed by atoms with E-state index < -0.39 is 0 Å². The Kier molecular flexibility index (Phi) is 4.23. The second-order valence-corrected chi connectivity index (χ2v) is 4.78. The van der Waals surface area contributed by atoms with E-state index in [4.69, 9.17) is 4.42 Å². The van der Waals surface area contributed by atoms with Gasteiger partial charge in [0.25, 0.3) is 5.91 Å². The fourth-order valence-corrected chi connectivity index (χ4v) is 2.20. The topological polar surface area (TPSA) is 33.5 Å². The number of amides is 1. The second-order valence-electron chi connectivity index (χ2n) is 4.78. The van der Waals surface area contributed by atoms with Crippen molar-refractivity contribution >= 4 is 5.91 Å². The summed E-state index contributed by atoms with van der Waals surface area (Å²) in [6.07, 6.45) is 0. The summed E-state index contributed by atoms with van der Waals surface area (Å²) in [5, 5.41) is 0. The SMILES string of the molecule is CCN(Cc1cccc(F)c1)C(=O)c1cc(C)oc1C. The number of carbonyl (C=O) groups is 1. The van der Waals surface area contributed by atoms with E-state index in [0.29, 0.717) is 30.2 Å². The smallest absolute Gasteiger partial charge is 0.257 e. The van der Waals surface area contributed by atoms with Crippen molar-refractivity contribution in [1.82, 2.24) is 4.90 Å². The maximum absolute atomic E-state index is 13.2. The molecule has 4 heteroatoms. The number of aryl methyl sites for hydroxylation is 2. The van der Waals surface area contributed by atoms with Crippen LogP contribution in [0.2, 0.25) is 0 Å². The lowest BCUT2D eigenvalue weighted by molar-refractivity contribution is 0.0750. The molecule has 1 aromatic heterocycles. The maximum Gasteiger partial charge on any atom is 0.257 e. The first-order chi connectivity index (χ1) is 9.51. The lowest BCUT2D eigenvalue weighted by Crippen LogP contribution is -2.30. The summed E-state index contributed by atoms with van der Waals surface area (Å²) in [6, 6.07) is 8.04. The van der Waals surface area contributed by atoms with Crippen molar-refractivity contribution in [2.24, 2.45) is 0 Å². The van der Waals surface area contributed by atoms with Crippen molar-refractivity contribution in [3.05, 3.63) is 58.8 Å². The summed E-state index contributed by atoms with van der Waals surface area (Å²) >= 11 is 0. The first-order valence-electron chi connectivity index (χ1n) is 6.62. The van der Waals surface area contributed by atoms with E-state index in [2.05, 4.69) is 0 Å². The van der Waals surface area contributed by atoms with E-state index in [1.165, 1.54) is 12.1 Å². The molecule has 106 valence electrons. The average Bonchev–Trinajstić information content (AvgIpc) is 2.74. The molecule has 3 nitrogen and oxygen atoms in total. The first-order valence-corrected chi connectivity index (χ1v) is 6.62. The Balaban J connectivity index is 2.20. The third-order valence-corrected chi connectivity index (χ3v) is 3.20. The highest BCUT2D eigenvalue weighted by atomic mass is 19.1. The van der Waals surface area contributed by atoms with Crippen molar-refractivity contribution in [2.75, 3.05) is 6.54 Å². The third-order valence-electron chi connectivity index (χ3n) is 3.20. The van der Waals surface area contributed by atoms with Crippen LogP contribution in [-0.4, -0.2) is 17.4 Å². The quantitative estimate of drug-likeness (QED) is 0.852. The molecule has 1 aromatic carbocycles. The summed E-state index contributed by atoms with van der Waals surface area (Å²) in [7, 11) is 0. The minimum absolute atomic E-state index is 0.0916. The van der Waals surface area contributed by atoms with Crippen LogP contribution in [0.1, 0.15) is 34.4 Å². The monoisotopic (exact) mass is 275 g/mol. The first kappa shape index (κ1) is 14.3. The number of benzene rings is 1. The molecule has 0 N–H and O–H groups in total. The van der Waals surface area contributed by atoms with E-state index in [1.54, 1.807) is 24.0 Å². The van der Waals surface area contributed by atoms with Crippen molar-refractivity contribution < 1.29 is 13.6 Å². The van der Waals surface area contributed by atoms with E-state index in [9.17, 15) is 9.18 Å². The highest BCUT2D eigenvalue weighted by Crippen LogP contribution is 2.17. The molecule has 0 aliphatic carbocycles. The molecule has 2 rings (SSSR count). The number of furan rings is 1. The molecular formula is C16H18FNO2. The summed E-state index contributed by atoms with van der Waals surface area (Å²) in [5.41, 5.74) is 1.35. The zero-order chi connectivity index (χ0) is 14.7. The van der Waals surface area contributed by atoms with Gasteiger partial charge in [-0.1, -0.05) is 12.1 Å². The van der Waals surface area contributed by atoms with Gasteiger partial charge in [0.2, 0.25) is 0 Å². The van der Waals surface area contributed by atoms with Crippen LogP contribution in [0, 0.1) is 19.7 Å². The molecule has 0 aliphatic heterocycles. The number of halogens is 1. The third kappa shape index (κ3) is 3.07. The van der Waals surface area contributed by atoms with Crippen LogP contribution < -0.4 is 0 Å². The molecule has 20 heavy (non-hydrogen) atoms. The number of carbonyl (C=O) groups excluding carboxylic acids is 1. The number of nitrogens with zero attached hydrogens (tertiary/aromatic N) is 1.